The van der Waals surface area contributed by atoms with Gasteiger partial charge in [0.25, 0.3) is 0 Å². The Balaban J connectivity index is 1.55. The standard InChI is InChI=1S/C29H33N3O/c1-19-10-6-7-11-24(19)17-29(33)30-15-14-28-31-26-12-8-9-13-27(26)32(28)18-25-22(4)20(2)16-21(3)23(25)5/h6-13,16H,14-15,17-18H2,1-5H3,(H,30,33). The molecule has 4 nitrogen and oxygen atoms in total. The fourth-order valence-electron chi connectivity index (χ4n) is 4.54. The van der Waals surface area contributed by atoms with Crippen LogP contribution in [-0.4, -0.2) is 22.0 Å². The fraction of sp³-hybridized carbons (Fsp3) is 0.310. The number of aromatic nitrogens is 2. The van der Waals surface area contributed by atoms with E-state index in [4.69, 9.17) is 4.98 Å². The predicted molar refractivity (Wildman–Crippen MR) is 136 cm³/mol. The van der Waals surface area contributed by atoms with Crippen LogP contribution in [0.15, 0.2) is 54.6 Å². The Bertz CT molecular complexity index is 1290. The molecule has 0 bridgehead atoms. The van der Waals surface area contributed by atoms with Crippen molar-refractivity contribution < 1.29 is 4.79 Å². The van der Waals surface area contributed by atoms with E-state index in [9.17, 15) is 4.79 Å². The fourth-order valence-corrected chi connectivity index (χ4v) is 4.54. The van der Waals surface area contributed by atoms with E-state index < -0.39 is 0 Å². The first kappa shape index (κ1) is 22.8. The molecule has 0 aliphatic rings. The Morgan fingerprint density at radius 1 is 0.879 bits per heavy atom. The molecule has 4 heteroatoms. The average Bonchev–Trinajstić information content (AvgIpc) is 3.14. The number of hydrogen-bond acceptors (Lipinski definition) is 2. The van der Waals surface area contributed by atoms with Crippen molar-refractivity contribution in [1.29, 1.82) is 0 Å². The van der Waals surface area contributed by atoms with E-state index in [2.05, 4.69) is 61.8 Å². The molecule has 0 atom stereocenters. The van der Waals surface area contributed by atoms with Crippen molar-refractivity contribution in [3.63, 3.8) is 0 Å². The molecule has 4 rings (SSSR count). The highest BCUT2D eigenvalue weighted by molar-refractivity contribution is 5.79. The third-order valence-electron chi connectivity index (χ3n) is 6.85. The molecular formula is C29H33N3O. The number of imidazole rings is 1. The summed E-state index contributed by atoms with van der Waals surface area (Å²) in [5.74, 6) is 1.05. The molecular weight excluding hydrogens is 406 g/mol. The summed E-state index contributed by atoms with van der Waals surface area (Å²) < 4.78 is 2.32. The quantitative estimate of drug-likeness (QED) is 0.412. The van der Waals surface area contributed by atoms with E-state index in [1.165, 1.54) is 27.8 Å². The van der Waals surface area contributed by atoms with Gasteiger partial charge in [-0.15, -0.1) is 0 Å². The van der Waals surface area contributed by atoms with Gasteiger partial charge in [-0.1, -0.05) is 42.5 Å². The number of fused-ring (bicyclic) bond motifs is 1. The van der Waals surface area contributed by atoms with Gasteiger partial charge in [-0.05, 0) is 85.7 Å². The van der Waals surface area contributed by atoms with E-state index in [-0.39, 0.29) is 5.91 Å². The normalized spacial score (nSPS) is 11.2. The van der Waals surface area contributed by atoms with Gasteiger partial charge in [-0.25, -0.2) is 4.98 Å². The molecule has 0 unspecified atom stereocenters. The minimum atomic E-state index is 0.0490. The van der Waals surface area contributed by atoms with Crippen LogP contribution in [0, 0.1) is 34.6 Å². The Morgan fingerprint density at radius 2 is 1.55 bits per heavy atom. The summed E-state index contributed by atoms with van der Waals surface area (Å²) in [5, 5.41) is 3.09. The zero-order chi connectivity index (χ0) is 23.5. The third kappa shape index (κ3) is 4.85. The third-order valence-corrected chi connectivity index (χ3v) is 6.85. The van der Waals surface area contributed by atoms with Crippen LogP contribution >= 0.6 is 0 Å². The molecule has 170 valence electrons. The molecule has 1 N–H and O–H groups in total. The maximum atomic E-state index is 12.5. The molecule has 1 aromatic heterocycles. The van der Waals surface area contributed by atoms with Gasteiger partial charge in [-0.3, -0.25) is 4.79 Å². The van der Waals surface area contributed by atoms with Crippen molar-refractivity contribution in [1.82, 2.24) is 14.9 Å². The largest absolute Gasteiger partial charge is 0.355 e. The van der Waals surface area contributed by atoms with Gasteiger partial charge in [0.2, 0.25) is 5.91 Å². The summed E-state index contributed by atoms with van der Waals surface area (Å²) in [6.45, 7) is 12.2. The highest BCUT2D eigenvalue weighted by Crippen LogP contribution is 2.25. The van der Waals surface area contributed by atoms with E-state index in [0.717, 1.165) is 34.5 Å². The maximum Gasteiger partial charge on any atom is 0.224 e. The maximum absolute atomic E-state index is 12.5. The highest BCUT2D eigenvalue weighted by atomic mass is 16.1. The SMILES string of the molecule is Cc1ccccc1CC(=O)NCCc1nc2ccccc2n1Cc1c(C)c(C)cc(C)c1C. The number of nitrogens with zero attached hydrogens (tertiary/aromatic N) is 2. The topological polar surface area (TPSA) is 46.9 Å². The molecule has 33 heavy (non-hydrogen) atoms. The molecule has 0 aliphatic heterocycles. The Labute approximate surface area is 196 Å². The number of carbonyl (C=O) groups excluding carboxylic acids is 1. The minimum absolute atomic E-state index is 0.0490. The van der Waals surface area contributed by atoms with Gasteiger partial charge in [0.15, 0.2) is 0 Å². The van der Waals surface area contributed by atoms with Gasteiger partial charge < -0.3 is 9.88 Å². The number of aryl methyl sites for hydroxylation is 3. The Morgan fingerprint density at radius 3 is 2.27 bits per heavy atom. The molecule has 4 aromatic rings. The van der Waals surface area contributed by atoms with Crippen molar-refractivity contribution in [3.8, 4) is 0 Å². The monoisotopic (exact) mass is 439 g/mol. The van der Waals surface area contributed by atoms with Crippen LogP contribution < -0.4 is 5.32 Å². The van der Waals surface area contributed by atoms with E-state index in [1.807, 2.05) is 37.3 Å². The van der Waals surface area contributed by atoms with Crippen molar-refractivity contribution in [3.05, 3.63) is 99.4 Å². The summed E-state index contributed by atoms with van der Waals surface area (Å²) in [7, 11) is 0. The van der Waals surface area contributed by atoms with Gasteiger partial charge in [0.05, 0.1) is 17.5 Å². The number of benzene rings is 3. The minimum Gasteiger partial charge on any atom is -0.355 e. The zero-order valence-corrected chi connectivity index (χ0v) is 20.3. The average molecular weight is 440 g/mol. The van der Waals surface area contributed by atoms with Gasteiger partial charge >= 0.3 is 0 Å². The molecule has 0 aliphatic carbocycles. The number of hydrogen-bond donors (Lipinski definition) is 1. The highest BCUT2D eigenvalue weighted by Gasteiger charge is 2.15. The van der Waals surface area contributed by atoms with Gasteiger partial charge in [-0.2, -0.15) is 0 Å². The number of nitrogens with one attached hydrogen (secondary N) is 1. The van der Waals surface area contributed by atoms with Gasteiger partial charge in [0.1, 0.15) is 5.82 Å². The van der Waals surface area contributed by atoms with E-state index in [0.29, 0.717) is 19.4 Å². The van der Waals surface area contributed by atoms with Crippen LogP contribution in [0.25, 0.3) is 11.0 Å². The lowest BCUT2D eigenvalue weighted by Crippen LogP contribution is -2.28. The second-order valence-corrected chi connectivity index (χ2v) is 9.05. The number of para-hydroxylation sites is 2. The molecule has 0 radical (unpaired) electrons. The Kier molecular flexibility index (Phi) is 6.64. The molecule has 0 fully saturated rings. The van der Waals surface area contributed by atoms with Crippen molar-refractivity contribution in [2.75, 3.05) is 6.54 Å². The van der Waals surface area contributed by atoms with Crippen LogP contribution in [0.2, 0.25) is 0 Å². The predicted octanol–water partition coefficient (Wildman–Crippen LogP) is 5.53. The van der Waals surface area contributed by atoms with Crippen LogP contribution in [0.3, 0.4) is 0 Å². The lowest BCUT2D eigenvalue weighted by atomic mass is 9.94. The van der Waals surface area contributed by atoms with Crippen LogP contribution in [-0.2, 0) is 24.2 Å². The van der Waals surface area contributed by atoms with Crippen molar-refractivity contribution in [2.24, 2.45) is 0 Å². The molecule has 3 aromatic carbocycles. The zero-order valence-electron chi connectivity index (χ0n) is 20.3. The first-order valence-corrected chi connectivity index (χ1v) is 11.7. The van der Waals surface area contributed by atoms with Crippen molar-refractivity contribution in [2.45, 2.75) is 54.0 Å². The second-order valence-electron chi connectivity index (χ2n) is 9.05. The summed E-state index contributed by atoms with van der Waals surface area (Å²) in [4.78, 5) is 17.4. The van der Waals surface area contributed by atoms with Gasteiger partial charge in [0, 0.05) is 19.5 Å². The van der Waals surface area contributed by atoms with Crippen molar-refractivity contribution >= 4 is 16.9 Å². The summed E-state index contributed by atoms with van der Waals surface area (Å²) in [5.41, 5.74) is 11.0. The van der Waals surface area contributed by atoms with Crippen LogP contribution in [0.4, 0.5) is 0 Å². The first-order valence-electron chi connectivity index (χ1n) is 11.7. The summed E-state index contributed by atoms with van der Waals surface area (Å²) >= 11 is 0. The number of amides is 1. The van der Waals surface area contributed by atoms with Crippen LogP contribution in [0.5, 0.6) is 0 Å². The van der Waals surface area contributed by atoms with Crippen LogP contribution in [0.1, 0.15) is 44.8 Å². The number of carbonyl (C=O) groups is 1. The number of rotatable bonds is 7. The second kappa shape index (κ2) is 9.62. The molecule has 0 spiro atoms. The van der Waals surface area contributed by atoms with E-state index >= 15 is 0 Å². The smallest absolute Gasteiger partial charge is 0.224 e. The first-order chi connectivity index (χ1) is 15.8. The Hall–Kier alpha value is -3.40. The molecule has 1 heterocycles. The molecule has 1 amide bonds. The lowest BCUT2D eigenvalue weighted by Gasteiger charge is -2.18. The summed E-state index contributed by atoms with van der Waals surface area (Å²) in [6, 6.07) is 18.6. The molecule has 0 saturated heterocycles. The summed E-state index contributed by atoms with van der Waals surface area (Å²) in [6.07, 6.45) is 1.10. The lowest BCUT2D eigenvalue weighted by molar-refractivity contribution is -0.120. The van der Waals surface area contributed by atoms with E-state index in [1.54, 1.807) is 0 Å². The molecule has 0 saturated carbocycles.